The number of fused-ring (bicyclic) bond motifs is 3. The van der Waals surface area contributed by atoms with Crippen LogP contribution in [0.5, 0.6) is 0 Å². The summed E-state index contributed by atoms with van der Waals surface area (Å²) >= 11 is 0. The van der Waals surface area contributed by atoms with E-state index in [0.29, 0.717) is 19.8 Å². The highest BCUT2D eigenvalue weighted by molar-refractivity contribution is 5.01. The summed E-state index contributed by atoms with van der Waals surface area (Å²) in [5.41, 5.74) is -3.55. The van der Waals surface area contributed by atoms with Crippen LogP contribution < -0.4 is 0 Å². The molecule has 3 aliphatic rings. The number of alkyl halides is 6. The molecule has 0 aromatic carbocycles. The Hall–Kier alpha value is -0.420. The van der Waals surface area contributed by atoms with E-state index in [9.17, 15) is 26.3 Å². The topological polar surface area (TPSA) is 0 Å². The Labute approximate surface area is 102 Å². The lowest BCUT2D eigenvalue weighted by Crippen LogP contribution is -2.57. The summed E-state index contributed by atoms with van der Waals surface area (Å²) in [6.45, 7) is 0.346. The largest absolute Gasteiger partial charge is 0.403 e. The predicted molar refractivity (Wildman–Crippen MR) is 53.8 cm³/mol. The molecule has 106 valence electrons. The van der Waals surface area contributed by atoms with Gasteiger partial charge in [0.1, 0.15) is 0 Å². The molecule has 0 aromatic heterocycles. The Morgan fingerprint density at radius 1 is 0.778 bits per heavy atom. The Morgan fingerprint density at radius 2 is 1.22 bits per heavy atom. The van der Waals surface area contributed by atoms with Crippen LogP contribution in [0.4, 0.5) is 26.3 Å². The quantitative estimate of drug-likeness (QED) is 0.594. The van der Waals surface area contributed by atoms with Crippen LogP contribution in [0.1, 0.15) is 39.0 Å². The maximum absolute atomic E-state index is 13.0. The number of hydrogen-bond donors (Lipinski definition) is 0. The standard InChI is InChI=1S/C12H16F6/c1-10(11(13,14)15,12(16,17)18)9-6-7-2-4-8(9)5-3-7/h7-9H,2-6H2,1H3. The van der Waals surface area contributed by atoms with Crippen molar-refractivity contribution in [2.24, 2.45) is 23.2 Å². The molecule has 0 aliphatic heterocycles. The molecule has 18 heavy (non-hydrogen) atoms. The molecule has 0 saturated heterocycles. The Balaban J connectivity index is 2.37. The molecule has 0 nitrogen and oxygen atoms in total. The van der Waals surface area contributed by atoms with Gasteiger partial charge in [0, 0.05) is 0 Å². The average Bonchev–Trinajstić information content (AvgIpc) is 2.26. The van der Waals surface area contributed by atoms with Crippen LogP contribution in [0.25, 0.3) is 0 Å². The lowest BCUT2D eigenvalue weighted by Gasteiger charge is -2.51. The van der Waals surface area contributed by atoms with Gasteiger partial charge in [-0.3, -0.25) is 0 Å². The number of hydrogen-bond acceptors (Lipinski definition) is 0. The molecule has 3 saturated carbocycles. The zero-order valence-electron chi connectivity index (χ0n) is 10.0. The summed E-state index contributed by atoms with van der Waals surface area (Å²) in [5.74, 6) is -1.68. The lowest BCUT2D eigenvalue weighted by atomic mass is 9.56. The maximum Gasteiger partial charge on any atom is 0.403 e. The summed E-state index contributed by atoms with van der Waals surface area (Å²) in [6.07, 6.45) is -7.80. The summed E-state index contributed by atoms with van der Waals surface area (Å²) in [7, 11) is 0. The fourth-order valence-corrected chi connectivity index (χ4v) is 3.67. The van der Waals surface area contributed by atoms with E-state index in [-0.39, 0.29) is 12.3 Å². The molecule has 0 amide bonds. The van der Waals surface area contributed by atoms with Crippen molar-refractivity contribution in [1.29, 1.82) is 0 Å². The number of rotatable bonds is 1. The molecular formula is C12H16F6. The summed E-state index contributed by atoms with van der Waals surface area (Å²) in [5, 5.41) is 0. The van der Waals surface area contributed by atoms with Gasteiger partial charge in [0.25, 0.3) is 0 Å². The monoisotopic (exact) mass is 274 g/mol. The van der Waals surface area contributed by atoms with Crippen LogP contribution in [0.2, 0.25) is 0 Å². The van der Waals surface area contributed by atoms with E-state index in [1.54, 1.807) is 0 Å². The molecular weight excluding hydrogens is 258 g/mol. The van der Waals surface area contributed by atoms with Crippen molar-refractivity contribution < 1.29 is 26.3 Å². The van der Waals surface area contributed by atoms with Gasteiger partial charge in [-0.2, -0.15) is 26.3 Å². The van der Waals surface area contributed by atoms with Crippen LogP contribution in [-0.2, 0) is 0 Å². The highest BCUT2D eigenvalue weighted by Gasteiger charge is 2.72. The van der Waals surface area contributed by atoms with E-state index in [2.05, 4.69) is 0 Å². The van der Waals surface area contributed by atoms with Gasteiger partial charge in [-0.1, -0.05) is 12.8 Å². The third kappa shape index (κ3) is 1.92. The van der Waals surface area contributed by atoms with Gasteiger partial charge in [0.2, 0.25) is 0 Å². The molecule has 0 heterocycles. The SMILES string of the molecule is CC(C1CC2CCC1CC2)(C(F)(F)F)C(F)(F)F. The Morgan fingerprint density at radius 3 is 1.50 bits per heavy atom. The first-order valence-electron chi connectivity index (χ1n) is 6.21. The first-order chi connectivity index (χ1) is 8.07. The Kier molecular flexibility index (Phi) is 3.14. The highest BCUT2D eigenvalue weighted by Crippen LogP contribution is 2.62. The van der Waals surface area contributed by atoms with Gasteiger partial charge in [0.15, 0.2) is 5.41 Å². The zero-order chi connectivity index (χ0) is 13.8. The van der Waals surface area contributed by atoms with Gasteiger partial charge in [0.05, 0.1) is 0 Å². The van der Waals surface area contributed by atoms with Crippen molar-refractivity contribution in [3.63, 3.8) is 0 Å². The van der Waals surface area contributed by atoms with Crippen molar-refractivity contribution in [1.82, 2.24) is 0 Å². The summed E-state index contributed by atoms with van der Waals surface area (Å²) in [6, 6.07) is 0. The molecule has 0 spiro atoms. The van der Waals surface area contributed by atoms with Gasteiger partial charge >= 0.3 is 12.4 Å². The summed E-state index contributed by atoms with van der Waals surface area (Å²) in [4.78, 5) is 0. The molecule has 0 N–H and O–H groups in total. The minimum atomic E-state index is -5.23. The van der Waals surface area contributed by atoms with Crippen LogP contribution >= 0.6 is 0 Å². The van der Waals surface area contributed by atoms with Gasteiger partial charge in [-0.15, -0.1) is 0 Å². The zero-order valence-corrected chi connectivity index (χ0v) is 10.0. The molecule has 0 aromatic rings. The third-order valence-corrected chi connectivity index (χ3v) is 4.97. The van der Waals surface area contributed by atoms with Crippen LogP contribution in [-0.4, -0.2) is 12.4 Å². The third-order valence-electron chi connectivity index (χ3n) is 4.97. The fourth-order valence-electron chi connectivity index (χ4n) is 3.67. The Bertz CT molecular complexity index is 294. The number of halogens is 6. The van der Waals surface area contributed by atoms with Crippen molar-refractivity contribution in [3.05, 3.63) is 0 Å². The van der Waals surface area contributed by atoms with Crippen LogP contribution in [0, 0.1) is 23.2 Å². The van der Waals surface area contributed by atoms with Gasteiger partial charge in [-0.25, -0.2) is 0 Å². The van der Waals surface area contributed by atoms with E-state index in [4.69, 9.17) is 0 Å². The van der Waals surface area contributed by atoms with E-state index in [0.717, 1.165) is 12.8 Å². The lowest BCUT2D eigenvalue weighted by molar-refractivity contribution is -0.362. The molecule has 3 aliphatic carbocycles. The van der Waals surface area contributed by atoms with Crippen molar-refractivity contribution in [2.75, 3.05) is 0 Å². The first-order valence-corrected chi connectivity index (χ1v) is 6.21. The first kappa shape index (κ1) is 14.0. The van der Waals surface area contributed by atoms with Crippen LogP contribution in [0.3, 0.4) is 0 Å². The molecule has 3 fully saturated rings. The van der Waals surface area contributed by atoms with Crippen molar-refractivity contribution in [3.8, 4) is 0 Å². The van der Waals surface area contributed by atoms with Gasteiger partial charge < -0.3 is 0 Å². The fraction of sp³-hybridized carbons (Fsp3) is 1.00. The maximum atomic E-state index is 13.0. The van der Waals surface area contributed by atoms with E-state index in [1.165, 1.54) is 0 Å². The smallest absolute Gasteiger partial charge is 0.170 e. The molecule has 3 rings (SSSR count). The minimum Gasteiger partial charge on any atom is -0.170 e. The normalized spacial score (nSPS) is 33.8. The predicted octanol–water partition coefficient (Wildman–Crippen LogP) is 4.94. The second-order valence-corrected chi connectivity index (χ2v) is 5.82. The second-order valence-electron chi connectivity index (χ2n) is 5.82. The average molecular weight is 274 g/mol. The van der Waals surface area contributed by atoms with Crippen LogP contribution in [0.15, 0.2) is 0 Å². The molecule has 6 heteroatoms. The molecule has 0 radical (unpaired) electrons. The van der Waals surface area contributed by atoms with E-state index < -0.39 is 29.6 Å². The van der Waals surface area contributed by atoms with Crippen molar-refractivity contribution >= 4 is 0 Å². The van der Waals surface area contributed by atoms with E-state index in [1.807, 2.05) is 0 Å². The minimum absolute atomic E-state index is 0.0454. The van der Waals surface area contributed by atoms with Crippen molar-refractivity contribution in [2.45, 2.75) is 51.4 Å². The van der Waals surface area contributed by atoms with E-state index >= 15 is 0 Å². The molecule has 1 unspecified atom stereocenters. The highest BCUT2D eigenvalue weighted by atomic mass is 19.4. The second kappa shape index (κ2) is 4.04. The molecule has 1 atom stereocenters. The summed E-state index contributed by atoms with van der Waals surface area (Å²) < 4.78 is 77.9. The van der Waals surface area contributed by atoms with Gasteiger partial charge in [-0.05, 0) is 43.9 Å². The molecule has 2 bridgehead atoms.